The van der Waals surface area contributed by atoms with E-state index in [1.807, 2.05) is 30.3 Å². The van der Waals surface area contributed by atoms with Crippen LogP contribution in [0.1, 0.15) is 29.1 Å². The Hall–Kier alpha value is -2.34. The summed E-state index contributed by atoms with van der Waals surface area (Å²) in [6.07, 6.45) is 0.447. The zero-order valence-corrected chi connectivity index (χ0v) is 11.9. The van der Waals surface area contributed by atoms with Crippen LogP contribution in [0.5, 0.6) is 5.75 Å². The molecule has 112 valence electrons. The van der Waals surface area contributed by atoms with Crippen LogP contribution in [0.3, 0.4) is 0 Å². The largest absolute Gasteiger partial charge is 0.484 e. The molecule has 0 spiro atoms. The predicted molar refractivity (Wildman–Crippen MR) is 76.0 cm³/mol. The average molecular weight is 290 g/mol. The number of hydrogen-bond donors (Lipinski definition) is 1. The lowest BCUT2D eigenvalue weighted by Gasteiger charge is -2.02. The lowest BCUT2D eigenvalue weighted by atomic mass is 10.2. The summed E-state index contributed by atoms with van der Waals surface area (Å²) in [7, 11) is 0. The summed E-state index contributed by atoms with van der Waals surface area (Å²) in [5.41, 5.74) is 6.02. The van der Waals surface area contributed by atoms with Crippen LogP contribution in [-0.4, -0.2) is 24.1 Å². The highest BCUT2D eigenvalue weighted by molar-refractivity contribution is 5.87. The molecule has 21 heavy (non-hydrogen) atoms. The van der Waals surface area contributed by atoms with E-state index >= 15 is 0 Å². The van der Waals surface area contributed by atoms with Crippen molar-refractivity contribution >= 4 is 5.97 Å². The standard InChI is InChI=1S/C15H18N2O4/c1-2-19-15(18)14-12(8-9-16)17-13(21-14)10-20-11-6-4-3-5-7-11/h3-7H,2,8-10,16H2,1H3. The number of carbonyl (C=O) groups is 1. The molecule has 0 radical (unpaired) electrons. The van der Waals surface area contributed by atoms with Crippen molar-refractivity contribution in [3.63, 3.8) is 0 Å². The minimum Gasteiger partial charge on any atom is -0.484 e. The summed E-state index contributed by atoms with van der Waals surface area (Å²) in [4.78, 5) is 16.0. The SMILES string of the molecule is CCOC(=O)c1oc(COc2ccccc2)nc1CCN. The summed E-state index contributed by atoms with van der Waals surface area (Å²) < 4.78 is 15.9. The van der Waals surface area contributed by atoms with Crippen LogP contribution >= 0.6 is 0 Å². The molecule has 0 aliphatic carbocycles. The third-order valence-corrected chi connectivity index (χ3v) is 2.69. The van der Waals surface area contributed by atoms with Crippen molar-refractivity contribution in [2.45, 2.75) is 20.0 Å². The molecule has 2 N–H and O–H groups in total. The van der Waals surface area contributed by atoms with E-state index in [9.17, 15) is 4.79 Å². The van der Waals surface area contributed by atoms with Gasteiger partial charge in [-0.15, -0.1) is 0 Å². The fraction of sp³-hybridized carbons (Fsp3) is 0.333. The van der Waals surface area contributed by atoms with E-state index in [1.54, 1.807) is 6.92 Å². The zero-order chi connectivity index (χ0) is 15.1. The van der Waals surface area contributed by atoms with E-state index in [-0.39, 0.29) is 19.0 Å². The molecule has 6 heteroatoms. The number of oxazole rings is 1. The Morgan fingerprint density at radius 2 is 2.10 bits per heavy atom. The van der Waals surface area contributed by atoms with Gasteiger partial charge < -0.3 is 19.6 Å². The number of ether oxygens (including phenoxy) is 2. The quantitative estimate of drug-likeness (QED) is 0.784. The van der Waals surface area contributed by atoms with Crippen LogP contribution < -0.4 is 10.5 Å². The molecular formula is C15H18N2O4. The second-order valence-corrected chi connectivity index (χ2v) is 4.24. The van der Waals surface area contributed by atoms with Crippen molar-refractivity contribution in [3.05, 3.63) is 47.7 Å². The molecule has 1 heterocycles. The van der Waals surface area contributed by atoms with Gasteiger partial charge in [-0.25, -0.2) is 9.78 Å². The highest BCUT2D eigenvalue weighted by atomic mass is 16.5. The van der Waals surface area contributed by atoms with Gasteiger partial charge in [0, 0.05) is 6.42 Å². The van der Waals surface area contributed by atoms with Crippen LogP contribution in [-0.2, 0) is 17.8 Å². The molecule has 0 saturated carbocycles. The Bertz CT molecular complexity index is 581. The minimum absolute atomic E-state index is 0.106. The molecule has 0 atom stereocenters. The maximum Gasteiger partial charge on any atom is 0.376 e. The van der Waals surface area contributed by atoms with Gasteiger partial charge in [-0.05, 0) is 25.6 Å². The Balaban J connectivity index is 2.09. The molecule has 2 rings (SSSR count). The number of hydrogen-bond acceptors (Lipinski definition) is 6. The van der Waals surface area contributed by atoms with E-state index in [1.165, 1.54) is 0 Å². The number of para-hydroxylation sites is 1. The van der Waals surface area contributed by atoms with Gasteiger partial charge in [-0.1, -0.05) is 18.2 Å². The van der Waals surface area contributed by atoms with Gasteiger partial charge in [0.25, 0.3) is 0 Å². The highest BCUT2D eigenvalue weighted by Gasteiger charge is 2.21. The summed E-state index contributed by atoms with van der Waals surface area (Å²) in [6.45, 7) is 2.52. The molecule has 0 bridgehead atoms. The minimum atomic E-state index is -0.528. The van der Waals surface area contributed by atoms with Crippen molar-refractivity contribution in [1.82, 2.24) is 4.98 Å². The summed E-state index contributed by atoms with van der Waals surface area (Å²) >= 11 is 0. The van der Waals surface area contributed by atoms with Gasteiger partial charge >= 0.3 is 5.97 Å². The second kappa shape index (κ2) is 7.44. The van der Waals surface area contributed by atoms with E-state index in [2.05, 4.69) is 4.98 Å². The van der Waals surface area contributed by atoms with Crippen molar-refractivity contribution in [1.29, 1.82) is 0 Å². The van der Waals surface area contributed by atoms with Crippen molar-refractivity contribution in [3.8, 4) is 5.75 Å². The first-order valence-corrected chi connectivity index (χ1v) is 6.78. The van der Waals surface area contributed by atoms with Crippen LogP contribution in [0.2, 0.25) is 0 Å². The molecule has 6 nitrogen and oxygen atoms in total. The number of aromatic nitrogens is 1. The summed E-state index contributed by atoms with van der Waals surface area (Å²) in [5, 5.41) is 0. The van der Waals surface area contributed by atoms with Gasteiger partial charge in [0.15, 0.2) is 6.61 Å². The number of nitrogens with zero attached hydrogens (tertiary/aromatic N) is 1. The van der Waals surface area contributed by atoms with Crippen molar-refractivity contribution in [2.75, 3.05) is 13.2 Å². The summed E-state index contributed by atoms with van der Waals surface area (Å²) in [5.74, 6) is 0.604. The molecular weight excluding hydrogens is 272 g/mol. The Kier molecular flexibility index (Phi) is 5.34. The normalized spacial score (nSPS) is 10.4. The predicted octanol–water partition coefficient (Wildman–Crippen LogP) is 1.93. The van der Waals surface area contributed by atoms with Crippen LogP contribution in [0.15, 0.2) is 34.7 Å². The van der Waals surface area contributed by atoms with E-state index in [4.69, 9.17) is 19.6 Å². The van der Waals surface area contributed by atoms with Gasteiger partial charge in [-0.2, -0.15) is 0 Å². The van der Waals surface area contributed by atoms with Gasteiger partial charge in [0.1, 0.15) is 5.75 Å². The smallest absolute Gasteiger partial charge is 0.376 e. The Morgan fingerprint density at radius 1 is 1.33 bits per heavy atom. The first kappa shape index (κ1) is 15.1. The molecule has 0 saturated heterocycles. The number of benzene rings is 1. The molecule has 0 amide bonds. The maximum atomic E-state index is 11.8. The molecule has 2 aromatic rings. The number of esters is 1. The van der Waals surface area contributed by atoms with Gasteiger partial charge in [0.2, 0.25) is 11.7 Å². The van der Waals surface area contributed by atoms with E-state index < -0.39 is 5.97 Å². The fourth-order valence-corrected chi connectivity index (χ4v) is 1.79. The number of nitrogens with two attached hydrogens (primary N) is 1. The molecule has 0 aliphatic heterocycles. The zero-order valence-electron chi connectivity index (χ0n) is 11.9. The van der Waals surface area contributed by atoms with Gasteiger partial charge in [0.05, 0.1) is 12.3 Å². The second-order valence-electron chi connectivity index (χ2n) is 4.24. The third-order valence-electron chi connectivity index (χ3n) is 2.69. The van der Waals surface area contributed by atoms with Crippen molar-refractivity contribution in [2.24, 2.45) is 5.73 Å². The third kappa shape index (κ3) is 4.06. The van der Waals surface area contributed by atoms with Crippen molar-refractivity contribution < 1.29 is 18.7 Å². The van der Waals surface area contributed by atoms with Crippen LogP contribution in [0.4, 0.5) is 0 Å². The average Bonchev–Trinajstić information content (AvgIpc) is 2.90. The van der Waals surface area contributed by atoms with E-state index in [0.29, 0.717) is 30.3 Å². The molecule has 1 aromatic carbocycles. The van der Waals surface area contributed by atoms with Crippen LogP contribution in [0, 0.1) is 0 Å². The van der Waals surface area contributed by atoms with Crippen LogP contribution in [0.25, 0.3) is 0 Å². The first-order valence-electron chi connectivity index (χ1n) is 6.78. The molecule has 0 aliphatic rings. The maximum absolute atomic E-state index is 11.8. The topological polar surface area (TPSA) is 87.6 Å². The lowest BCUT2D eigenvalue weighted by Crippen LogP contribution is -2.10. The number of rotatable bonds is 7. The number of carbonyl (C=O) groups excluding carboxylic acids is 1. The fourth-order valence-electron chi connectivity index (χ4n) is 1.79. The lowest BCUT2D eigenvalue weighted by molar-refractivity contribution is 0.0484. The molecule has 0 unspecified atom stereocenters. The Labute approximate surface area is 122 Å². The molecule has 0 fully saturated rings. The van der Waals surface area contributed by atoms with E-state index in [0.717, 1.165) is 0 Å². The molecule has 1 aromatic heterocycles. The van der Waals surface area contributed by atoms with Gasteiger partial charge in [-0.3, -0.25) is 0 Å². The first-order chi connectivity index (χ1) is 10.2. The Morgan fingerprint density at radius 3 is 2.76 bits per heavy atom. The highest BCUT2D eigenvalue weighted by Crippen LogP contribution is 2.16. The monoisotopic (exact) mass is 290 g/mol. The summed E-state index contributed by atoms with van der Waals surface area (Å²) in [6, 6.07) is 9.30.